The summed E-state index contributed by atoms with van der Waals surface area (Å²) in [6.45, 7) is 2.53. The van der Waals surface area contributed by atoms with E-state index in [4.69, 9.17) is 5.26 Å². The summed E-state index contributed by atoms with van der Waals surface area (Å²) < 4.78 is 0. The maximum absolute atomic E-state index is 12.5. The Morgan fingerprint density at radius 3 is 2.95 bits per heavy atom. The maximum atomic E-state index is 12.5. The zero-order valence-corrected chi connectivity index (χ0v) is 13.4. The number of nitrogens with zero attached hydrogens (tertiary/aromatic N) is 3. The van der Waals surface area contributed by atoms with Crippen LogP contribution in [0.2, 0.25) is 0 Å². The molecule has 0 aliphatic rings. The molecule has 1 heterocycles. The Hall–Kier alpha value is -2.32. The molecule has 0 radical (unpaired) electrons. The molecular weight excluding hydrogens is 294 g/mol. The van der Waals surface area contributed by atoms with E-state index in [0.29, 0.717) is 17.9 Å². The summed E-state index contributed by atoms with van der Waals surface area (Å²) in [5.41, 5.74) is 2.79. The Morgan fingerprint density at radius 2 is 2.23 bits per heavy atom. The zero-order chi connectivity index (χ0) is 15.9. The van der Waals surface area contributed by atoms with Crippen LogP contribution in [0.15, 0.2) is 47.6 Å². The number of pyridine rings is 1. The SMILES string of the molecule is Cc1ccncc1CN(C)C(=O)c1cccc(SCC#N)c1. The molecule has 112 valence electrons. The van der Waals surface area contributed by atoms with Gasteiger partial charge in [-0.2, -0.15) is 5.26 Å². The summed E-state index contributed by atoms with van der Waals surface area (Å²) in [5.74, 6) is 0.338. The number of carbonyl (C=O) groups excluding carboxylic acids is 1. The average molecular weight is 311 g/mol. The summed E-state index contributed by atoms with van der Waals surface area (Å²) in [5, 5.41) is 8.63. The molecule has 0 N–H and O–H groups in total. The van der Waals surface area contributed by atoms with Crippen LogP contribution < -0.4 is 0 Å². The highest BCUT2D eigenvalue weighted by atomic mass is 32.2. The summed E-state index contributed by atoms with van der Waals surface area (Å²) in [4.78, 5) is 19.2. The van der Waals surface area contributed by atoms with Crippen LogP contribution in [0, 0.1) is 18.3 Å². The number of rotatable bonds is 5. The predicted molar refractivity (Wildman–Crippen MR) is 87.6 cm³/mol. The molecule has 5 heteroatoms. The van der Waals surface area contributed by atoms with Gasteiger partial charge in [0, 0.05) is 36.4 Å². The fourth-order valence-electron chi connectivity index (χ4n) is 2.04. The third-order valence-electron chi connectivity index (χ3n) is 3.29. The minimum Gasteiger partial charge on any atom is -0.337 e. The van der Waals surface area contributed by atoms with E-state index in [0.717, 1.165) is 16.0 Å². The van der Waals surface area contributed by atoms with Crippen molar-refractivity contribution in [1.29, 1.82) is 5.26 Å². The molecule has 4 nitrogen and oxygen atoms in total. The van der Waals surface area contributed by atoms with Gasteiger partial charge in [-0.05, 0) is 42.3 Å². The van der Waals surface area contributed by atoms with Crippen LogP contribution in [-0.2, 0) is 6.54 Å². The second-order valence-corrected chi connectivity index (χ2v) is 5.99. The van der Waals surface area contributed by atoms with Crippen molar-refractivity contribution in [3.8, 4) is 6.07 Å². The highest BCUT2D eigenvalue weighted by molar-refractivity contribution is 7.99. The van der Waals surface area contributed by atoms with E-state index in [1.165, 1.54) is 11.8 Å². The van der Waals surface area contributed by atoms with E-state index in [1.807, 2.05) is 31.2 Å². The Labute approximate surface area is 134 Å². The molecule has 0 saturated heterocycles. The first-order chi connectivity index (χ1) is 10.6. The number of amides is 1. The molecule has 0 aliphatic heterocycles. The van der Waals surface area contributed by atoms with Crippen LogP contribution in [0.1, 0.15) is 21.5 Å². The molecule has 0 atom stereocenters. The highest BCUT2D eigenvalue weighted by Crippen LogP contribution is 2.20. The van der Waals surface area contributed by atoms with Crippen molar-refractivity contribution in [2.24, 2.45) is 0 Å². The van der Waals surface area contributed by atoms with Crippen LogP contribution in [0.25, 0.3) is 0 Å². The lowest BCUT2D eigenvalue weighted by molar-refractivity contribution is 0.0784. The Kier molecular flexibility index (Phi) is 5.56. The standard InChI is InChI=1S/C17H17N3OS/c1-13-6-8-19-11-15(13)12-20(2)17(21)14-4-3-5-16(10-14)22-9-7-18/h3-6,8,10-11H,9,12H2,1-2H3. The lowest BCUT2D eigenvalue weighted by Gasteiger charge is -2.18. The van der Waals surface area contributed by atoms with Crippen LogP contribution in [-0.4, -0.2) is 28.6 Å². The summed E-state index contributed by atoms with van der Waals surface area (Å²) in [6, 6.07) is 11.4. The number of thioether (sulfide) groups is 1. The van der Waals surface area contributed by atoms with Gasteiger partial charge < -0.3 is 4.90 Å². The van der Waals surface area contributed by atoms with E-state index >= 15 is 0 Å². The predicted octanol–water partition coefficient (Wildman–Crippen LogP) is 3.28. The van der Waals surface area contributed by atoms with Gasteiger partial charge in [-0.1, -0.05) is 6.07 Å². The molecule has 1 aromatic carbocycles. The molecule has 2 rings (SSSR count). The first-order valence-electron chi connectivity index (χ1n) is 6.86. The van der Waals surface area contributed by atoms with Gasteiger partial charge in [-0.25, -0.2) is 0 Å². The summed E-state index contributed by atoms with van der Waals surface area (Å²) in [6.07, 6.45) is 3.54. The van der Waals surface area contributed by atoms with Gasteiger partial charge in [0.15, 0.2) is 0 Å². The number of hydrogen-bond acceptors (Lipinski definition) is 4. The Balaban J connectivity index is 2.10. The van der Waals surface area contributed by atoms with Gasteiger partial charge in [0.25, 0.3) is 5.91 Å². The first kappa shape index (κ1) is 16.1. The number of nitriles is 1. The van der Waals surface area contributed by atoms with Crippen molar-refractivity contribution in [1.82, 2.24) is 9.88 Å². The van der Waals surface area contributed by atoms with Crippen molar-refractivity contribution < 1.29 is 4.79 Å². The zero-order valence-electron chi connectivity index (χ0n) is 12.6. The van der Waals surface area contributed by atoms with Crippen LogP contribution in [0.5, 0.6) is 0 Å². The van der Waals surface area contributed by atoms with Crippen molar-refractivity contribution >= 4 is 17.7 Å². The molecule has 1 aromatic heterocycles. The molecule has 22 heavy (non-hydrogen) atoms. The third-order valence-corrected chi connectivity index (χ3v) is 4.15. The maximum Gasteiger partial charge on any atom is 0.253 e. The third kappa shape index (κ3) is 4.09. The fourth-order valence-corrected chi connectivity index (χ4v) is 2.66. The summed E-state index contributed by atoms with van der Waals surface area (Å²) >= 11 is 1.43. The molecule has 0 saturated carbocycles. The van der Waals surface area contributed by atoms with Crippen LogP contribution in [0.3, 0.4) is 0 Å². The highest BCUT2D eigenvalue weighted by Gasteiger charge is 2.13. The van der Waals surface area contributed by atoms with Crippen LogP contribution >= 0.6 is 11.8 Å². The van der Waals surface area contributed by atoms with Gasteiger partial charge in [0.05, 0.1) is 11.8 Å². The van der Waals surface area contributed by atoms with Gasteiger partial charge in [0.1, 0.15) is 0 Å². The van der Waals surface area contributed by atoms with E-state index in [1.54, 1.807) is 30.4 Å². The normalized spacial score (nSPS) is 10.0. The topological polar surface area (TPSA) is 57.0 Å². The lowest BCUT2D eigenvalue weighted by atomic mass is 10.1. The second-order valence-electron chi connectivity index (χ2n) is 4.94. The van der Waals surface area contributed by atoms with Crippen molar-refractivity contribution in [2.75, 3.05) is 12.8 Å². The van der Waals surface area contributed by atoms with Crippen LogP contribution in [0.4, 0.5) is 0 Å². The number of aromatic nitrogens is 1. The fraction of sp³-hybridized carbons (Fsp3) is 0.235. The van der Waals surface area contributed by atoms with E-state index < -0.39 is 0 Å². The first-order valence-corrected chi connectivity index (χ1v) is 7.85. The molecule has 0 spiro atoms. The van der Waals surface area contributed by atoms with E-state index in [2.05, 4.69) is 11.1 Å². The van der Waals surface area contributed by atoms with Crippen molar-refractivity contribution in [3.63, 3.8) is 0 Å². The Morgan fingerprint density at radius 1 is 1.41 bits per heavy atom. The molecule has 0 aliphatic carbocycles. The van der Waals surface area contributed by atoms with E-state index in [-0.39, 0.29) is 5.91 Å². The molecule has 0 fully saturated rings. The summed E-state index contributed by atoms with van der Waals surface area (Å²) in [7, 11) is 1.78. The Bertz CT molecular complexity index is 709. The minimum absolute atomic E-state index is 0.0392. The molecule has 0 bridgehead atoms. The van der Waals surface area contributed by atoms with E-state index in [9.17, 15) is 4.79 Å². The average Bonchev–Trinajstić information content (AvgIpc) is 2.54. The lowest BCUT2D eigenvalue weighted by Crippen LogP contribution is -2.26. The monoisotopic (exact) mass is 311 g/mol. The van der Waals surface area contributed by atoms with Gasteiger partial charge in [-0.15, -0.1) is 11.8 Å². The minimum atomic E-state index is -0.0392. The molecular formula is C17H17N3OS. The van der Waals surface area contributed by atoms with Gasteiger partial charge >= 0.3 is 0 Å². The molecule has 0 unspecified atom stereocenters. The molecule has 1 amide bonds. The van der Waals surface area contributed by atoms with Gasteiger partial charge in [0.2, 0.25) is 0 Å². The van der Waals surface area contributed by atoms with Crippen molar-refractivity contribution in [2.45, 2.75) is 18.4 Å². The number of hydrogen-bond donors (Lipinski definition) is 0. The molecule has 2 aromatic rings. The number of aryl methyl sites for hydroxylation is 1. The number of benzene rings is 1. The van der Waals surface area contributed by atoms with Crippen molar-refractivity contribution in [3.05, 3.63) is 59.4 Å². The number of carbonyl (C=O) groups is 1. The quantitative estimate of drug-likeness (QED) is 0.795. The largest absolute Gasteiger partial charge is 0.337 e. The smallest absolute Gasteiger partial charge is 0.253 e. The van der Waals surface area contributed by atoms with Gasteiger partial charge in [-0.3, -0.25) is 9.78 Å². The second kappa shape index (κ2) is 7.62.